The van der Waals surface area contributed by atoms with Crippen LogP contribution in [-0.2, 0) is 9.53 Å². The predicted octanol–water partition coefficient (Wildman–Crippen LogP) is 1.88. The average molecular weight is 273 g/mol. The van der Waals surface area contributed by atoms with E-state index in [1.807, 2.05) is 6.92 Å². The van der Waals surface area contributed by atoms with Crippen LogP contribution in [0.3, 0.4) is 0 Å². The number of halogens is 2. The largest absolute Gasteiger partial charge is 0.488 e. The van der Waals surface area contributed by atoms with Crippen LogP contribution in [0.5, 0.6) is 5.75 Å². The Balaban J connectivity index is 2.82. The first-order valence-corrected chi connectivity index (χ1v) is 5.85. The van der Waals surface area contributed by atoms with E-state index in [0.717, 1.165) is 6.07 Å². The molecule has 0 saturated heterocycles. The van der Waals surface area contributed by atoms with Crippen LogP contribution in [0.2, 0.25) is 0 Å². The Kier molecular flexibility index (Phi) is 5.23. The first kappa shape index (κ1) is 15.4. The van der Waals surface area contributed by atoms with Crippen molar-refractivity contribution in [2.75, 3.05) is 20.3 Å². The summed E-state index contributed by atoms with van der Waals surface area (Å²) in [6.45, 7) is 3.71. The van der Waals surface area contributed by atoms with Crippen molar-refractivity contribution in [3.63, 3.8) is 0 Å². The number of esters is 1. The molecule has 0 saturated carbocycles. The summed E-state index contributed by atoms with van der Waals surface area (Å²) in [7, 11) is 1.25. The van der Waals surface area contributed by atoms with Gasteiger partial charge in [0.05, 0.1) is 7.11 Å². The molecule has 1 unspecified atom stereocenters. The fraction of sp³-hybridized carbons (Fsp3) is 0.462. The van der Waals surface area contributed by atoms with Gasteiger partial charge >= 0.3 is 5.97 Å². The van der Waals surface area contributed by atoms with Crippen molar-refractivity contribution in [1.29, 1.82) is 0 Å². The molecule has 4 nitrogen and oxygen atoms in total. The molecule has 106 valence electrons. The van der Waals surface area contributed by atoms with Crippen LogP contribution in [0.4, 0.5) is 8.78 Å². The Labute approximate surface area is 110 Å². The monoisotopic (exact) mass is 273 g/mol. The van der Waals surface area contributed by atoms with Gasteiger partial charge in [0, 0.05) is 0 Å². The van der Waals surface area contributed by atoms with E-state index in [4.69, 9.17) is 4.74 Å². The molecule has 0 aliphatic heterocycles. The summed E-state index contributed by atoms with van der Waals surface area (Å²) in [5, 5.41) is 2.90. The zero-order chi connectivity index (χ0) is 14.5. The molecule has 1 atom stereocenters. The van der Waals surface area contributed by atoms with Crippen LogP contribution in [0.1, 0.15) is 13.8 Å². The summed E-state index contributed by atoms with van der Waals surface area (Å²) in [4.78, 5) is 11.7. The summed E-state index contributed by atoms with van der Waals surface area (Å²) < 4.78 is 36.3. The molecular weight excluding hydrogens is 256 g/mol. The Bertz CT molecular complexity index is 454. The van der Waals surface area contributed by atoms with E-state index < -0.39 is 23.1 Å². The number of nitrogens with one attached hydrogen (secondary N) is 1. The standard InChI is InChI=1S/C13H17F2NO3/c1-4-16-13(2,12(17)18-3)8-19-10-7-5-6-9(14)11(10)15/h5-7,16H,4,8H2,1-3H3. The summed E-state index contributed by atoms with van der Waals surface area (Å²) in [5.74, 6) is -2.86. The van der Waals surface area contributed by atoms with Crippen molar-refractivity contribution >= 4 is 5.97 Å². The molecule has 0 bridgehead atoms. The molecule has 0 heterocycles. The lowest BCUT2D eigenvalue weighted by atomic mass is 10.0. The fourth-order valence-electron chi connectivity index (χ4n) is 1.62. The summed E-state index contributed by atoms with van der Waals surface area (Å²) >= 11 is 0. The molecule has 1 aromatic carbocycles. The Morgan fingerprint density at radius 1 is 1.42 bits per heavy atom. The molecule has 1 N–H and O–H groups in total. The molecule has 0 aromatic heterocycles. The highest BCUT2D eigenvalue weighted by Crippen LogP contribution is 2.20. The number of carbonyl (C=O) groups is 1. The van der Waals surface area contributed by atoms with Crippen molar-refractivity contribution in [2.45, 2.75) is 19.4 Å². The Morgan fingerprint density at radius 2 is 2.11 bits per heavy atom. The van der Waals surface area contributed by atoms with E-state index in [1.54, 1.807) is 6.92 Å². The summed E-state index contributed by atoms with van der Waals surface area (Å²) in [6.07, 6.45) is 0. The molecule has 1 rings (SSSR count). The quantitative estimate of drug-likeness (QED) is 0.804. The molecular formula is C13H17F2NO3. The van der Waals surface area contributed by atoms with Gasteiger partial charge in [-0.25, -0.2) is 9.18 Å². The first-order valence-electron chi connectivity index (χ1n) is 5.85. The van der Waals surface area contributed by atoms with E-state index in [2.05, 4.69) is 10.1 Å². The molecule has 0 aliphatic rings. The lowest BCUT2D eigenvalue weighted by molar-refractivity contribution is -0.149. The number of carbonyl (C=O) groups excluding carboxylic acids is 1. The summed E-state index contributed by atoms with van der Waals surface area (Å²) in [6, 6.07) is 3.62. The minimum atomic E-state index is -1.12. The van der Waals surface area contributed by atoms with Crippen molar-refractivity contribution in [3.8, 4) is 5.75 Å². The lowest BCUT2D eigenvalue weighted by Crippen LogP contribution is -2.54. The zero-order valence-corrected chi connectivity index (χ0v) is 11.1. The van der Waals surface area contributed by atoms with Gasteiger partial charge in [-0.1, -0.05) is 13.0 Å². The van der Waals surface area contributed by atoms with E-state index >= 15 is 0 Å². The maximum absolute atomic E-state index is 13.4. The van der Waals surface area contributed by atoms with E-state index in [-0.39, 0.29) is 12.4 Å². The van der Waals surface area contributed by atoms with Crippen molar-refractivity contribution in [1.82, 2.24) is 5.32 Å². The topological polar surface area (TPSA) is 47.6 Å². The second-order valence-corrected chi connectivity index (χ2v) is 4.19. The molecule has 19 heavy (non-hydrogen) atoms. The number of hydrogen-bond donors (Lipinski definition) is 1. The second kappa shape index (κ2) is 6.47. The lowest BCUT2D eigenvalue weighted by Gasteiger charge is -2.27. The molecule has 6 heteroatoms. The number of rotatable bonds is 6. The zero-order valence-electron chi connectivity index (χ0n) is 11.1. The average Bonchev–Trinajstić information content (AvgIpc) is 2.40. The maximum Gasteiger partial charge on any atom is 0.329 e. The van der Waals surface area contributed by atoms with Gasteiger partial charge in [-0.3, -0.25) is 5.32 Å². The highest BCUT2D eigenvalue weighted by molar-refractivity contribution is 5.80. The van der Waals surface area contributed by atoms with E-state index in [9.17, 15) is 13.6 Å². The van der Waals surface area contributed by atoms with Crippen LogP contribution < -0.4 is 10.1 Å². The third-order valence-corrected chi connectivity index (χ3v) is 2.64. The van der Waals surface area contributed by atoms with Crippen LogP contribution in [0.25, 0.3) is 0 Å². The molecule has 0 aliphatic carbocycles. The van der Waals surface area contributed by atoms with Crippen molar-refractivity contribution in [3.05, 3.63) is 29.8 Å². The predicted molar refractivity (Wildman–Crippen MR) is 66.0 cm³/mol. The van der Waals surface area contributed by atoms with Gasteiger partial charge in [-0.05, 0) is 25.6 Å². The van der Waals surface area contributed by atoms with Gasteiger partial charge < -0.3 is 9.47 Å². The molecule has 0 amide bonds. The van der Waals surface area contributed by atoms with Crippen LogP contribution in [0, 0.1) is 11.6 Å². The third-order valence-electron chi connectivity index (χ3n) is 2.64. The second-order valence-electron chi connectivity index (χ2n) is 4.19. The Hall–Kier alpha value is -1.69. The highest BCUT2D eigenvalue weighted by Gasteiger charge is 2.34. The normalized spacial score (nSPS) is 13.7. The van der Waals surface area contributed by atoms with E-state index in [1.165, 1.54) is 19.2 Å². The number of hydrogen-bond acceptors (Lipinski definition) is 4. The van der Waals surface area contributed by atoms with Crippen LogP contribution in [-0.4, -0.2) is 31.8 Å². The van der Waals surface area contributed by atoms with Gasteiger partial charge in [0.25, 0.3) is 0 Å². The Morgan fingerprint density at radius 3 is 2.68 bits per heavy atom. The van der Waals surface area contributed by atoms with Gasteiger partial charge in [0.1, 0.15) is 12.1 Å². The van der Waals surface area contributed by atoms with Crippen LogP contribution >= 0.6 is 0 Å². The maximum atomic E-state index is 13.4. The van der Waals surface area contributed by atoms with Gasteiger partial charge in [-0.15, -0.1) is 0 Å². The first-order chi connectivity index (χ1) is 8.94. The highest BCUT2D eigenvalue weighted by atomic mass is 19.2. The fourth-order valence-corrected chi connectivity index (χ4v) is 1.62. The molecule has 1 aromatic rings. The molecule has 0 radical (unpaired) electrons. The number of benzene rings is 1. The SMILES string of the molecule is CCNC(C)(COc1cccc(F)c1F)C(=O)OC. The number of likely N-dealkylation sites (N-methyl/N-ethyl adjacent to an activating group) is 1. The summed E-state index contributed by atoms with van der Waals surface area (Å²) in [5.41, 5.74) is -1.12. The van der Waals surface area contributed by atoms with Gasteiger partial charge in [-0.2, -0.15) is 4.39 Å². The molecule has 0 spiro atoms. The van der Waals surface area contributed by atoms with Crippen molar-refractivity contribution in [2.24, 2.45) is 0 Å². The van der Waals surface area contributed by atoms with Gasteiger partial charge in [0.2, 0.25) is 5.82 Å². The molecule has 0 fully saturated rings. The van der Waals surface area contributed by atoms with Crippen LogP contribution in [0.15, 0.2) is 18.2 Å². The van der Waals surface area contributed by atoms with Gasteiger partial charge in [0.15, 0.2) is 11.6 Å². The third kappa shape index (κ3) is 3.64. The smallest absolute Gasteiger partial charge is 0.329 e. The minimum Gasteiger partial charge on any atom is -0.488 e. The number of ether oxygens (including phenoxy) is 2. The minimum absolute atomic E-state index is 0.173. The van der Waals surface area contributed by atoms with E-state index in [0.29, 0.717) is 6.54 Å². The van der Waals surface area contributed by atoms with Crippen molar-refractivity contribution < 1.29 is 23.0 Å². The number of methoxy groups -OCH3 is 1.